The van der Waals surface area contributed by atoms with E-state index in [9.17, 15) is 9.59 Å². The first kappa shape index (κ1) is 25.6. The van der Waals surface area contributed by atoms with E-state index in [2.05, 4.69) is 5.32 Å². The van der Waals surface area contributed by atoms with Crippen LogP contribution in [0.4, 0.5) is 0 Å². The van der Waals surface area contributed by atoms with Crippen molar-refractivity contribution in [3.05, 3.63) is 69.2 Å². The largest absolute Gasteiger partial charge is 0.350 e. The van der Waals surface area contributed by atoms with Crippen molar-refractivity contribution in [2.24, 2.45) is 0 Å². The van der Waals surface area contributed by atoms with Crippen LogP contribution in [0.2, 0.25) is 10.0 Å². The van der Waals surface area contributed by atoms with E-state index in [0.29, 0.717) is 22.3 Å². The fraction of sp³-hybridized carbons (Fsp3) is 0.417. The summed E-state index contributed by atoms with van der Waals surface area (Å²) in [5.74, 6) is 0.577. The number of hydrogen-bond donors (Lipinski definition) is 1. The highest BCUT2D eigenvalue weighted by Gasteiger charge is 2.28. The van der Waals surface area contributed by atoms with Crippen LogP contribution in [0.5, 0.6) is 0 Å². The second-order valence-electron chi connectivity index (χ2n) is 8.65. The second-order valence-corrected chi connectivity index (χ2v) is 10.5. The van der Waals surface area contributed by atoms with Gasteiger partial charge in [0.05, 0.1) is 5.75 Å². The Hall–Kier alpha value is -1.69. The van der Waals surface area contributed by atoms with Gasteiger partial charge in [-0.2, -0.15) is 0 Å². The monoisotopic (exact) mass is 480 g/mol. The zero-order valence-corrected chi connectivity index (χ0v) is 21.0. The van der Waals surface area contributed by atoms with E-state index in [1.54, 1.807) is 24.0 Å². The SMILES string of the molecule is Cc1cccc(CN(C(=O)CSCc2ccc(Cl)cc2Cl)[C@@H](C)C(=O)NC(C)(C)C)c1. The Morgan fingerprint density at radius 2 is 1.84 bits per heavy atom. The van der Waals surface area contributed by atoms with E-state index in [1.165, 1.54) is 11.8 Å². The van der Waals surface area contributed by atoms with Crippen molar-refractivity contribution in [3.8, 4) is 0 Å². The molecular weight excluding hydrogens is 451 g/mol. The molecule has 0 aliphatic carbocycles. The molecule has 1 N–H and O–H groups in total. The standard InChI is InChI=1S/C24H30Cl2N2O2S/c1-16-7-6-8-18(11-16)13-28(17(2)23(30)27-24(3,4)5)22(29)15-31-14-19-9-10-20(25)12-21(19)26/h6-12,17H,13-15H2,1-5H3,(H,27,30)/t17-/m0/s1. The molecule has 0 radical (unpaired) electrons. The minimum absolute atomic E-state index is 0.0897. The summed E-state index contributed by atoms with van der Waals surface area (Å²) in [6, 6.07) is 12.7. The summed E-state index contributed by atoms with van der Waals surface area (Å²) in [4.78, 5) is 27.6. The molecule has 0 aromatic heterocycles. The van der Waals surface area contributed by atoms with Crippen LogP contribution >= 0.6 is 35.0 Å². The van der Waals surface area contributed by atoms with E-state index in [1.807, 2.05) is 58.0 Å². The van der Waals surface area contributed by atoms with Crippen LogP contribution in [0.25, 0.3) is 0 Å². The number of nitrogens with zero attached hydrogens (tertiary/aromatic N) is 1. The highest BCUT2D eigenvalue weighted by atomic mass is 35.5. The smallest absolute Gasteiger partial charge is 0.242 e. The van der Waals surface area contributed by atoms with Gasteiger partial charge < -0.3 is 10.2 Å². The van der Waals surface area contributed by atoms with Gasteiger partial charge in [-0.1, -0.05) is 59.1 Å². The number of amides is 2. The average molecular weight is 481 g/mol. The van der Waals surface area contributed by atoms with Gasteiger partial charge in [-0.25, -0.2) is 0 Å². The van der Waals surface area contributed by atoms with E-state index in [-0.39, 0.29) is 23.1 Å². The Morgan fingerprint density at radius 3 is 2.45 bits per heavy atom. The number of carbonyl (C=O) groups excluding carboxylic acids is 2. The lowest BCUT2D eigenvalue weighted by Crippen LogP contribution is -2.52. The molecule has 0 fully saturated rings. The average Bonchev–Trinajstić information content (AvgIpc) is 2.66. The molecule has 2 aromatic carbocycles. The predicted octanol–water partition coefficient (Wildman–Crippen LogP) is 5.87. The van der Waals surface area contributed by atoms with Gasteiger partial charge in [-0.05, 0) is 57.9 Å². The van der Waals surface area contributed by atoms with Crippen LogP contribution in [0.3, 0.4) is 0 Å². The van der Waals surface area contributed by atoms with Gasteiger partial charge in [-0.3, -0.25) is 9.59 Å². The minimum atomic E-state index is -0.591. The zero-order chi connectivity index (χ0) is 23.2. The Morgan fingerprint density at radius 1 is 1.13 bits per heavy atom. The predicted molar refractivity (Wildman–Crippen MR) is 132 cm³/mol. The van der Waals surface area contributed by atoms with Gasteiger partial charge in [0.2, 0.25) is 11.8 Å². The van der Waals surface area contributed by atoms with Crippen LogP contribution in [-0.2, 0) is 21.9 Å². The number of nitrogens with one attached hydrogen (secondary N) is 1. The Balaban J connectivity index is 2.11. The van der Waals surface area contributed by atoms with E-state index in [0.717, 1.165) is 16.7 Å². The molecule has 0 aliphatic rings. The first-order valence-electron chi connectivity index (χ1n) is 10.1. The van der Waals surface area contributed by atoms with Crippen LogP contribution in [0.15, 0.2) is 42.5 Å². The summed E-state index contributed by atoms with van der Waals surface area (Å²) in [7, 11) is 0. The number of carbonyl (C=O) groups is 2. The van der Waals surface area contributed by atoms with E-state index in [4.69, 9.17) is 23.2 Å². The molecule has 7 heteroatoms. The first-order valence-corrected chi connectivity index (χ1v) is 12.1. The van der Waals surface area contributed by atoms with Crippen molar-refractivity contribution in [1.29, 1.82) is 0 Å². The summed E-state index contributed by atoms with van der Waals surface area (Å²) in [5.41, 5.74) is 2.66. The molecule has 0 saturated heterocycles. The van der Waals surface area contributed by atoms with Gasteiger partial charge >= 0.3 is 0 Å². The Kier molecular flexibility index (Phi) is 9.28. The lowest BCUT2D eigenvalue weighted by atomic mass is 10.1. The number of rotatable bonds is 8. The summed E-state index contributed by atoms with van der Waals surface area (Å²) < 4.78 is 0. The van der Waals surface area contributed by atoms with Crippen molar-refractivity contribution in [2.75, 3.05) is 5.75 Å². The molecule has 0 saturated carbocycles. The molecule has 2 rings (SSSR count). The molecule has 0 unspecified atom stereocenters. The first-order chi connectivity index (χ1) is 14.5. The summed E-state index contributed by atoms with van der Waals surface area (Å²) >= 11 is 13.7. The molecule has 0 heterocycles. The van der Waals surface area contributed by atoms with E-state index >= 15 is 0 Å². The third-order valence-corrected chi connectivity index (χ3v) is 6.15. The maximum atomic E-state index is 13.1. The number of hydrogen-bond acceptors (Lipinski definition) is 3. The van der Waals surface area contributed by atoms with Crippen molar-refractivity contribution in [3.63, 3.8) is 0 Å². The van der Waals surface area contributed by atoms with E-state index < -0.39 is 6.04 Å². The van der Waals surface area contributed by atoms with Gasteiger partial charge in [-0.15, -0.1) is 11.8 Å². The molecule has 4 nitrogen and oxygen atoms in total. The molecular formula is C24H30Cl2N2O2S. The number of aryl methyl sites for hydroxylation is 1. The summed E-state index contributed by atoms with van der Waals surface area (Å²) in [5, 5.41) is 4.14. The third-order valence-electron chi connectivity index (χ3n) is 4.60. The maximum Gasteiger partial charge on any atom is 0.242 e. The maximum absolute atomic E-state index is 13.1. The molecule has 2 aromatic rings. The molecule has 31 heavy (non-hydrogen) atoms. The molecule has 0 spiro atoms. The lowest BCUT2D eigenvalue weighted by molar-refractivity contribution is -0.139. The second kappa shape index (κ2) is 11.3. The number of halogens is 2. The van der Waals surface area contributed by atoms with Crippen LogP contribution in [0.1, 0.15) is 44.4 Å². The fourth-order valence-corrected chi connectivity index (χ4v) is 4.50. The Bertz CT molecular complexity index is 928. The topological polar surface area (TPSA) is 49.4 Å². The Labute approximate surface area is 199 Å². The minimum Gasteiger partial charge on any atom is -0.350 e. The number of thioether (sulfide) groups is 1. The van der Waals surface area contributed by atoms with Crippen molar-refractivity contribution in [2.45, 2.75) is 58.5 Å². The molecule has 1 atom stereocenters. The quantitative estimate of drug-likeness (QED) is 0.513. The van der Waals surface area contributed by atoms with Crippen LogP contribution in [0, 0.1) is 6.92 Å². The highest BCUT2D eigenvalue weighted by Crippen LogP contribution is 2.25. The van der Waals surface area contributed by atoms with Crippen LogP contribution < -0.4 is 5.32 Å². The lowest BCUT2D eigenvalue weighted by Gasteiger charge is -2.31. The van der Waals surface area contributed by atoms with Gasteiger partial charge in [0, 0.05) is 27.9 Å². The van der Waals surface area contributed by atoms with Gasteiger partial charge in [0.15, 0.2) is 0 Å². The van der Waals surface area contributed by atoms with Crippen LogP contribution in [-0.4, -0.2) is 34.0 Å². The third kappa shape index (κ3) is 8.40. The van der Waals surface area contributed by atoms with Gasteiger partial charge in [0.25, 0.3) is 0 Å². The van der Waals surface area contributed by atoms with Gasteiger partial charge in [0.1, 0.15) is 6.04 Å². The van der Waals surface area contributed by atoms with Crippen molar-refractivity contribution in [1.82, 2.24) is 10.2 Å². The highest BCUT2D eigenvalue weighted by molar-refractivity contribution is 7.99. The normalized spacial score (nSPS) is 12.4. The molecule has 0 aliphatic heterocycles. The molecule has 168 valence electrons. The molecule has 2 amide bonds. The zero-order valence-electron chi connectivity index (χ0n) is 18.7. The summed E-state index contributed by atoms with van der Waals surface area (Å²) in [6.07, 6.45) is 0. The van der Waals surface area contributed by atoms with Crippen molar-refractivity contribution < 1.29 is 9.59 Å². The molecule has 0 bridgehead atoms. The fourth-order valence-electron chi connectivity index (χ4n) is 3.03. The number of benzene rings is 2. The van der Waals surface area contributed by atoms with Crippen molar-refractivity contribution >= 4 is 46.8 Å². The summed E-state index contributed by atoms with van der Waals surface area (Å²) in [6.45, 7) is 9.94.